The summed E-state index contributed by atoms with van der Waals surface area (Å²) in [5, 5.41) is 3.43. The number of fused-ring (bicyclic) bond motifs is 1. The number of carbonyl (C=O) groups excluding carboxylic acids is 2. The first-order valence-corrected chi connectivity index (χ1v) is 8.97. The molecule has 2 amide bonds. The van der Waals surface area contributed by atoms with E-state index in [2.05, 4.69) is 5.32 Å². The number of rotatable bonds is 5. The molecule has 0 saturated heterocycles. The van der Waals surface area contributed by atoms with Crippen LogP contribution in [0.5, 0.6) is 0 Å². The molecule has 0 fully saturated rings. The predicted octanol–water partition coefficient (Wildman–Crippen LogP) is 3.25. The van der Waals surface area contributed by atoms with E-state index >= 15 is 0 Å². The SMILES string of the molecule is C[C@H](C(N)=O)n1ccc2c(NC(=O)Cc3ccc(C(F)(F)F)cc3)cccc2c1=O. The summed E-state index contributed by atoms with van der Waals surface area (Å²) < 4.78 is 39.1. The van der Waals surface area contributed by atoms with Crippen molar-refractivity contribution in [3.8, 4) is 0 Å². The molecule has 3 rings (SSSR count). The summed E-state index contributed by atoms with van der Waals surface area (Å²) in [6, 6.07) is 9.83. The summed E-state index contributed by atoms with van der Waals surface area (Å²) in [5.41, 5.74) is 4.83. The van der Waals surface area contributed by atoms with Crippen molar-refractivity contribution in [2.75, 3.05) is 5.32 Å². The number of halogens is 3. The molecule has 0 spiro atoms. The van der Waals surface area contributed by atoms with Gasteiger partial charge in [-0.1, -0.05) is 18.2 Å². The van der Waals surface area contributed by atoms with Crippen LogP contribution in [0.15, 0.2) is 59.5 Å². The van der Waals surface area contributed by atoms with Crippen LogP contribution in [0.2, 0.25) is 0 Å². The summed E-state index contributed by atoms with van der Waals surface area (Å²) in [6.45, 7) is 1.51. The number of aromatic nitrogens is 1. The van der Waals surface area contributed by atoms with Crippen LogP contribution < -0.4 is 16.6 Å². The van der Waals surface area contributed by atoms with Crippen molar-refractivity contribution in [2.45, 2.75) is 25.6 Å². The van der Waals surface area contributed by atoms with Crippen LogP contribution in [0.25, 0.3) is 10.8 Å². The average Bonchev–Trinajstić information content (AvgIpc) is 2.68. The van der Waals surface area contributed by atoms with E-state index in [9.17, 15) is 27.6 Å². The van der Waals surface area contributed by atoms with Crippen LogP contribution in [-0.4, -0.2) is 16.4 Å². The molecule has 0 aliphatic carbocycles. The summed E-state index contributed by atoms with van der Waals surface area (Å²) in [6.07, 6.45) is -3.15. The first-order valence-electron chi connectivity index (χ1n) is 8.97. The topological polar surface area (TPSA) is 94.2 Å². The molecule has 0 aliphatic heterocycles. The van der Waals surface area contributed by atoms with E-state index in [-0.39, 0.29) is 11.8 Å². The highest BCUT2D eigenvalue weighted by atomic mass is 19.4. The molecule has 0 aliphatic rings. The Labute approximate surface area is 169 Å². The second-order valence-corrected chi connectivity index (χ2v) is 6.79. The fraction of sp³-hybridized carbons (Fsp3) is 0.190. The summed E-state index contributed by atoms with van der Waals surface area (Å²) in [5.74, 6) is -1.10. The van der Waals surface area contributed by atoms with Crippen LogP contribution in [-0.2, 0) is 22.2 Å². The van der Waals surface area contributed by atoms with E-state index in [1.54, 1.807) is 24.3 Å². The minimum atomic E-state index is -4.44. The highest BCUT2D eigenvalue weighted by Gasteiger charge is 2.30. The van der Waals surface area contributed by atoms with Gasteiger partial charge in [-0.05, 0) is 42.8 Å². The number of nitrogens with zero attached hydrogens (tertiary/aromatic N) is 1. The maximum Gasteiger partial charge on any atom is 0.416 e. The van der Waals surface area contributed by atoms with Gasteiger partial charge in [0.2, 0.25) is 11.8 Å². The van der Waals surface area contributed by atoms with E-state index in [1.165, 1.54) is 29.8 Å². The molecule has 156 valence electrons. The largest absolute Gasteiger partial charge is 0.416 e. The van der Waals surface area contributed by atoms with Crippen LogP contribution in [0.4, 0.5) is 18.9 Å². The molecule has 2 aromatic carbocycles. The van der Waals surface area contributed by atoms with Crippen molar-refractivity contribution in [3.05, 3.63) is 76.2 Å². The number of anilines is 1. The molecule has 6 nitrogen and oxygen atoms in total. The summed E-state index contributed by atoms with van der Waals surface area (Å²) in [7, 11) is 0. The van der Waals surface area contributed by atoms with Gasteiger partial charge in [0.25, 0.3) is 5.56 Å². The first kappa shape index (κ1) is 21.1. The molecule has 0 unspecified atom stereocenters. The molecule has 9 heteroatoms. The average molecular weight is 417 g/mol. The Balaban J connectivity index is 1.83. The zero-order chi connectivity index (χ0) is 22.1. The van der Waals surface area contributed by atoms with Crippen LogP contribution in [0.3, 0.4) is 0 Å². The minimum absolute atomic E-state index is 0.135. The molecule has 0 bridgehead atoms. The third-order valence-electron chi connectivity index (χ3n) is 4.72. The van der Waals surface area contributed by atoms with Gasteiger partial charge in [-0.25, -0.2) is 0 Å². The smallest absolute Gasteiger partial charge is 0.368 e. The van der Waals surface area contributed by atoms with Gasteiger partial charge in [0.15, 0.2) is 0 Å². The number of hydrogen-bond donors (Lipinski definition) is 2. The number of benzene rings is 2. The normalized spacial score (nSPS) is 12.5. The zero-order valence-corrected chi connectivity index (χ0v) is 15.9. The van der Waals surface area contributed by atoms with Crippen molar-refractivity contribution in [1.82, 2.24) is 4.57 Å². The number of carbonyl (C=O) groups is 2. The molecule has 1 atom stereocenters. The molecular weight excluding hydrogens is 399 g/mol. The van der Waals surface area contributed by atoms with Gasteiger partial charge in [0, 0.05) is 22.7 Å². The minimum Gasteiger partial charge on any atom is -0.368 e. The zero-order valence-electron chi connectivity index (χ0n) is 15.9. The van der Waals surface area contributed by atoms with Crippen LogP contribution >= 0.6 is 0 Å². The van der Waals surface area contributed by atoms with E-state index < -0.39 is 35.2 Å². The number of hydrogen-bond acceptors (Lipinski definition) is 3. The second kappa shape index (κ2) is 8.02. The maximum absolute atomic E-state index is 12.7. The molecule has 30 heavy (non-hydrogen) atoms. The van der Waals surface area contributed by atoms with E-state index in [1.807, 2.05) is 0 Å². The Kier molecular flexibility index (Phi) is 5.64. The van der Waals surface area contributed by atoms with E-state index in [4.69, 9.17) is 5.73 Å². The lowest BCUT2D eigenvalue weighted by Crippen LogP contribution is -2.31. The number of pyridine rings is 1. The van der Waals surface area contributed by atoms with Gasteiger partial charge in [0.1, 0.15) is 6.04 Å². The first-order chi connectivity index (χ1) is 14.1. The molecular formula is C21H18F3N3O3. The van der Waals surface area contributed by atoms with Crippen molar-refractivity contribution < 1.29 is 22.8 Å². The van der Waals surface area contributed by atoms with Crippen molar-refractivity contribution in [3.63, 3.8) is 0 Å². The van der Waals surface area contributed by atoms with E-state index in [0.29, 0.717) is 16.6 Å². The van der Waals surface area contributed by atoms with Crippen molar-refractivity contribution >= 4 is 28.3 Å². The Hall–Kier alpha value is -3.62. The Bertz CT molecular complexity index is 1170. The number of amides is 2. The van der Waals surface area contributed by atoms with Gasteiger partial charge < -0.3 is 15.6 Å². The molecule has 1 aromatic heterocycles. The molecule has 3 N–H and O–H groups in total. The van der Waals surface area contributed by atoms with Crippen LogP contribution in [0, 0.1) is 0 Å². The van der Waals surface area contributed by atoms with E-state index in [0.717, 1.165) is 12.1 Å². The molecule has 0 saturated carbocycles. The lowest BCUT2D eigenvalue weighted by atomic mass is 10.1. The highest BCUT2D eigenvalue weighted by molar-refractivity contribution is 6.02. The molecule has 3 aromatic rings. The predicted molar refractivity (Wildman–Crippen MR) is 106 cm³/mol. The Morgan fingerprint density at radius 2 is 1.73 bits per heavy atom. The monoisotopic (exact) mass is 417 g/mol. The highest BCUT2D eigenvalue weighted by Crippen LogP contribution is 2.29. The van der Waals surface area contributed by atoms with Gasteiger partial charge in [-0.2, -0.15) is 13.2 Å². The quantitative estimate of drug-likeness (QED) is 0.667. The summed E-state index contributed by atoms with van der Waals surface area (Å²) >= 11 is 0. The second-order valence-electron chi connectivity index (χ2n) is 6.79. The number of primary amides is 1. The van der Waals surface area contributed by atoms with Gasteiger partial charge >= 0.3 is 6.18 Å². The Morgan fingerprint density at radius 1 is 1.07 bits per heavy atom. The lowest BCUT2D eigenvalue weighted by Gasteiger charge is -2.14. The molecule has 0 radical (unpaired) electrons. The number of nitrogens with one attached hydrogen (secondary N) is 1. The fourth-order valence-corrected chi connectivity index (χ4v) is 3.04. The Morgan fingerprint density at radius 3 is 2.33 bits per heavy atom. The standard InChI is InChI=1S/C21H18F3N3O3/c1-12(19(25)29)27-10-9-15-16(20(27)30)3-2-4-17(15)26-18(28)11-13-5-7-14(8-6-13)21(22,23)24/h2-10,12H,11H2,1H3,(H2,25,29)(H,26,28)/t12-/m1/s1. The third kappa shape index (κ3) is 4.35. The number of alkyl halides is 3. The maximum atomic E-state index is 12.7. The third-order valence-corrected chi connectivity index (χ3v) is 4.72. The van der Waals surface area contributed by atoms with Gasteiger partial charge in [0.05, 0.1) is 12.0 Å². The fourth-order valence-electron chi connectivity index (χ4n) is 3.04. The van der Waals surface area contributed by atoms with Crippen molar-refractivity contribution in [2.24, 2.45) is 5.73 Å². The molecule has 1 heterocycles. The van der Waals surface area contributed by atoms with Crippen molar-refractivity contribution in [1.29, 1.82) is 0 Å². The lowest BCUT2D eigenvalue weighted by molar-refractivity contribution is -0.137. The van der Waals surface area contributed by atoms with Gasteiger partial charge in [-0.3, -0.25) is 14.4 Å². The summed E-state index contributed by atoms with van der Waals surface area (Å²) in [4.78, 5) is 36.4. The number of nitrogens with two attached hydrogens (primary N) is 1. The van der Waals surface area contributed by atoms with Gasteiger partial charge in [-0.15, -0.1) is 0 Å². The van der Waals surface area contributed by atoms with Crippen LogP contribution in [0.1, 0.15) is 24.1 Å².